The lowest BCUT2D eigenvalue weighted by atomic mass is 9.88. The maximum absolute atomic E-state index is 15.2. The number of piperidine rings is 2. The second-order valence-corrected chi connectivity index (χ2v) is 12.0. The van der Waals surface area contributed by atoms with E-state index in [9.17, 15) is 19.1 Å². The van der Waals surface area contributed by atoms with Gasteiger partial charge >= 0.3 is 5.97 Å². The number of ether oxygens (including phenoxy) is 1. The first-order valence-corrected chi connectivity index (χ1v) is 15.5. The number of aromatic nitrogens is 4. The molecular formula is C34H36F2N6O4. The highest BCUT2D eigenvalue weighted by atomic mass is 19.1. The zero-order chi connectivity index (χ0) is 32.2. The molecule has 240 valence electrons. The number of likely N-dealkylation sites (tertiary alicyclic amines) is 1. The molecule has 0 radical (unpaired) electrons. The first-order chi connectivity index (χ1) is 22.2. The Morgan fingerprint density at radius 1 is 1.00 bits per heavy atom. The van der Waals surface area contributed by atoms with Crippen LogP contribution >= 0.6 is 0 Å². The molecule has 2 aliphatic heterocycles. The molecule has 0 bridgehead atoms. The van der Waals surface area contributed by atoms with Crippen molar-refractivity contribution in [2.24, 2.45) is 5.92 Å². The molecule has 0 saturated carbocycles. The summed E-state index contributed by atoms with van der Waals surface area (Å²) in [5, 5.41) is 13.3. The Morgan fingerprint density at radius 3 is 2.48 bits per heavy atom. The third-order valence-corrected chi connectivity index (χ3v) is 9.01. The van der Waals surface area contributed by atoms with E-state index in [2.05, 4.69) is 27.2 Å². The lowest BCUT2D eigenvalue weighted by Gasteiger charge is -2.32. The van der Waals surface area contributed by atoms with Crippen molar-refractivity contribution in [3.63, 3.8) is 0 Å². The van der Waals surface area contributed by atoms with Crippen LogP contribution in [0.3, 0.4) is 0 Å². The van der Waals surface area contributed by atoms with Crippen LogP contribution in [0.5, 0.6) is 5.75 Å². The SMILES string of the molecule is Cc1cc(C2CCN(C(=O)Cn3cncn3)CC2)ccc1COc1c(F)cc(F)cc1-c1cccc(N2CCC(C(=O)O)CC2)n1. The van der Waals surface area contributed by atoms with E-state index < -0.39 is 17.6 Å². The highest BCUT2D eigenvalue weighted by Gasteiger charge is 2.27. The smallest absolute Gasteiger partial charge is 0.306 e. The van der Waals surface area contributed by atoms with Gasteiger partial charge in [0.05, 0.1) is 11.6 Å². The van der Waals surface area contributed by atoms with E-state index in [0.717, 1.165) is 30.0 Å². The Kier molecular flexibility index (Phi) is 9.23. The zero-order valence-electron chi connectivity index (χ0n) is 25.6. The molecular weight excluding hydrogens is 594 g/mol. The van der Waals surface area contributed by atoms with Gasteiger partial charge in [-0.05, 0) is 73.4 Å². The quantitative estimate of drug-likeness (QED) is 0.268. The van der Waals surface area contributed by atoms with E-state index >= 15 is 4.39 Å². The number of halogens is 2. The number of carboxylic acid groups (broad SMARTS) is 1. The van der Waals surface area contributed by atoms with Crippen molar-refractivity contribution in [1.29, 1.82) is 0 Å². The van der Waals surface area contributed by atoms with Gasteiger partial charge in [-0.15, -0.1) is 0 Å². The largest absolute Gasteiger partial charge is 0.485 e. The molecule has 2 aromatic heterocycles. The number of carboxylic acids is 1. The molecule has 1 N–H and O–H groups in total. The molecule has 2 saturated heterocycles. The Balaban J connectivity index is 1.12. The summed E-state index contributed by atoms with van der Waals surface area (Å²) in [7, 11) is 0. The van der Waals surface area contributed by atoms with Gasteiger partial charge in [0.2, 0.25) is 5.91 Å². The third kappa shape index (κ3) is 7.00. The van der Waals surface area contributed by atoms with Crippen LogP contribution in [-0.4, -0.2) is 67.8 Å². The van der Waals surface area contributed by atoms with Crippen LogP contribution in [0.2, 0.25) is 0 Å². The van der Waals surface area contributed by atoms with Crippen LogP contribution < -0.4 is 9.64 Å². The normalized spacial score (nSPS) is 16.1. The molecule has 2 fully saturated rings. The average Bonchev–Trinajstić information content (AvgIpc) is 3.58. The number of pyridine rings is 1. The lowest BCUT2D eigenvalue weighted by molar-refractivity contribution is -0.142. The molecule has 10 nitrogen and oxygen atoms in total. The van der Waals surface area contributed by atoms with Crippen molar-refractivity contribution in [3.05, 3.63) is 89.5 Å². The minimum Gasteiger partial charge on any atom is -0.485 e. The fourth-order valence-electron chi connectivity index (χ4n) is 6.30. The summed E-state index contributed by atoms with van der Waals surface area (Å²) in [6.07, 6.45) is 5.67. The highest BCUT2D eigenvalue weighted by Crippen LogP contribution is 2.35. The Bertz CT molecular complexity index is 1700. The highest BCUT2D eigenvalue weighted by molar-refractivity contribution is 5.76. The van der Waals surface area contributed by atoms with Crippen molar-refractivity contribution in [2.75, 3.05) is 31.1 Å². The molecule has 1 amide bonds. The molecule has 46 heavy (non-hydrogen) atoms. The lowest BCUT2D eigenvalue weighted by Crippen LogP contribution is -2.39. The maximum Gasteiger partial charge on any atom is 0.306 e. The van der Waals surface area contributed by atoms with Gasteiger partial charge < -0.3 is 19.6 Å². The van der Waals surface area contributed by atoms with Crippen LogP contribution in [-0.2, 0) is 22.7 Å². The van der Waals surface area contributed by atoms with Gasteiger partial charge in [-0.2, -0.15) is 5.10 Å². The van der Waals surface area contributed by atoms with Gasteiger partial charge in [0.25, 0.3) is 0 Å². The number of amides is 1. The number of hydrogen-bond donors (Lipinski definition) is 1. The van der Waals surface area contributed by atoms with Gasteiger partial charge in [0.15, 0.2) is 11.6 Å². The van der Waals surface area contributed by atoms with E-state index in [1.54, 1.807) is 12.1 Å². The van der Waals surface area contributed by atoms with Crippen LogP contribution in [0.4, 0.5) is 14.6 Å². The summed E-state index contributed by atoms with van der Waals surface area (Å²) in [6, 6.07) is 13.5. The molecule has 0 aliphatic carbocycles. The van der Waals surface area contributed by atoms with Crippen molar-refractivity contribution in [1.82, 2.24) is 24.6 Å². The maximum atomic E-state index is 15.2. The minimum atomic E-state index is -0.816. The number of aryl methyl sites for hydroxylation is 1. The molecule has 0 spiro atoms. The summed E-state index contributed by atoms with van der Waals surface area (Å²) in [4.78, 5) is 36.4. The van der Waals surface area contributed by atoms with E-state index in [1.807, 2.05) is 28.9 Å². The van der Waals surface area contributed by atoms with Crippen molar-refractivity contribution < 1.29 is 28.2 Å². The molecule has 2 aromatic carbocycles. The summed E-state index contributed by atoms with van der Waals surface area (Å²) in [5.74, 6) is -1.84. The van der Waals surface area contributed by atoms with Gasteiger partial charge in [-0.3, -0.25) is 9.59 Å². The van der Waals surface area contributed by atoms with Crippen LogP contribution in [0, 0.1) is 24.5 Å². The predicted molar refractivity (Wildman–Crippen MR) is 166 cm³/mol. The fraction of sp³-hybridized carbons (Fsp3) is 0.382. The molecule has 12 heteroatoms. The first kappa shape index (κ1) is 31.1. The van der Waals surface area contributed by atoms with Gasteiger partial charge in [-0.25, -0.2) is 23.4 Å². The summed E-state index contributed by atoms with van der Waals surface area (Å²) >= 11 is 0. The second kappa shape index (κ2) is 13.6. The number of anilines is 1. The number of nitrogens with zero attached hydrogens (tertiary/aromatic N) is 6. The predicted octanol–water partition coefficient (Wildman–Crippen LogP) is 5.21. The molecule has 4 aromatic rings. The van der Waals surface area contributed by atoms with Crippen molar-refractivity contribution in [2.45, 2.75) is 51.7 Å². The first-order valence-electron chi connectivity index (χ1n) is 15.5. The number of rotatable bonds is 9. The van der Waals surface area contributed by atoms with E-state index in [0.29, 0.717) is 56.5 Å². The van der Waals surface area contributed by atoms with Crippen molar-refractivity contribution >= 4 is 17.7 Å². The van der Waals surface area contributed by atoms with Crippen LogP contribution in [0.1, 0.15) is 48.3 Å². The van der Waals surface area contributed by atoms with E-state index in [1.165, 1.54) is 29.0 Å². The standard InChI is InChI=1S/C34H36F2N6O4/c1-22-15-25(23-7-13-41(14-8-23)32(43)18-42-21-37-20-38-42)5-6-26(22)19-46-33-28(16-27(35)17-29(33)36)30-3-2-4-31(39-30)40-11-9-24(10-12-40)34(44)45/h2-6,15-17,20-21,23-24H,7-14,18-19H2,1H3,(H,44,45). The number of hydrogen-bond acceptors (Lipinski definition) is 7. The molecule has 6 rings (SSSR count). The minimum absolute atomic E-state index is 0.0299. The zero-order valence-corrected chi connectivity index (χ0v) is 25.6. The molecule has 2 aliphatic rings. The topological polar surface area (TPSA) is 114 Å². The number of benzene rings is 2. The second-order valence-electron chi connectivity index (χ2n) is 12.0. The fourth-order valence-corrected chi connectivity index (χ4v) is 6.30. The van der Waals surface area contributed by atoms with Crippen molar-refractivity contribution in [3.8, 4) is 17.0 Å². The molecule has 0 atom stereocenters. The molecule has 4 heterocycles. The average molecular weight is 631 g/mol. The summed E-state index contributed by atoms with van der Waals surface area (Å²) in [6.45, 7) is 4.66. The number of aliphatic carboxylic acids is 1. The Labute approximate surface area is 265 Å². The Hall–Kier alpha value is -4.87. The van der Waals surface area contributed by atoms with E-state index in [4.69, 9.17) is 4.74 Å². The number of carbonyl (C=O) groups excluding carboxylic acids is 1. The van der Waals surface area contributed by atoms with Gasteiger partial charge in [-0.1, -0.05) is 24.3 Å². The summed E-state index contributed by atoms with van der Waals surface area (Å²) in [5.41, 5.74) is 3.63. The monoisotopic (exact) mass is 630 g/mol. The third-order valence-electron chi connectivity index (χ3n) is 9.01. The van der Waals surface area contributed by atoms with Crippen LogP contribution in [0.25, 0.3) is 11.3 Å². The Morgan fingerprint density at radius 2 is 1.78 bits per heavy atom. The van der Waals surface area contributed by atoms with Gasteiger partial charge in [0, 0.05) is 37.8 Å². The van der Waals surface area contributed by atoms with Crippen LogP contribution in [0.15, 0.2) is 61.2 Å². The van der Waals surface area contributed by atoms with E-state index in [-0.39, 0.29) is 36.3 Å². The summed E-state index contributed by atoms with van der Waals surface area (Å²) < 4.78 is 37.2. The van der Waals surface area contributed by atoms with Gasteiger partial charge in [0.1, 0.15) is 37.4 Å². The number of carbonyl (C=O) groups is 2. The molecule has 0 unspecified atom stereocenters.